The first kappa shape index (κ1) is 16.0. The van der Waals surface area contributed by atoms with Gasteiger partial charge >= 0.3 is 0 Å². The molecule has 1 aliphatic rings. The fraction of sp³-hybridized carbons (Fsp3) is 0.588. The lowest BCUT2D eigenvalue weighted by molar-refractivity contribution is -0.123. The van der Waals surface area contributed by atoms with Crippen molar-refractivity contribution in [2.45, 2.75) is 52.2 Å². The minimum absolute atomic E-state index is 0.0969. The summed E-state index contributed by atoms with van der Waals surface area (Å²) in [4.78, 5) is 11.9. The highest BCUT2D eigenvalue weighted by molar-refractivity contribution is 5.91. The lowest BCUT2D eigenvalue weighted by Crippen LogP contribution is -2.29. The van der Waals surface area contributed by atoms with E-state index in [1.54, 1.807) is 0 Å². The van der Waals surface area contributed by atoms with Crippen molar-refractivity contribution in [3.63, 3.8) is 0 Å². The molecule has 1 amide bonds. The summed E-state index contributed by atoms with van der Waals surface area (Å²) in [7, 11) is 0. The van der Waals surface area contributed by atoms with Gasteiger partial charge in [0.05, 0.1) is 6.10 Å². The number of hydrogen-bond donors (Lipinski definition) is 2. The lowest BCUT2D eigenvalue weighted by Gasteiger charge is -2.34. The van der Waals surface area contributed by atoms with Crippen LogP contribution in [0.5, 0.6) is 0 Å². The van der Waals surface area contributed by atoms with Gasteiger partial charge in [0.2, 0.25) is 5.91 Å². The van der Waals surface area contributed by atoms with E-state index in [-0.39, 0.29) is 18.6 Å². The van der Waals surface area contributed by atoms with Crippen molar-refractivity contribution < 1.29 is 9.53 Å². The second-order valence-corrected chi connectivity index (χ2v) is 6.62. The van der Waals surface area contributed by atoms with E-state index in [0.717, 1.165) is 24.1 Å². The molecule has 0 atom stereocenters. The molecule has 1 aromatic rings. The molecular formula is C17H26N2O2. The minimum atomic E-state index is -0.0969. The predicted molar refractivity (Wildman–Crippen MR) is 85.0 cm³/mol. The summed E-state index contributed by atoms with van der Waals surface area (Å²) in [5.74, 6) is -0.0969. The molecule has 4 nitrogen and oxygen atoms in total. The number of ether oxygens (including phenoxy) is 1. The summed E-state index contributed by atoms with van der Waals surface area (Å²) in [6.07, 6.45) is 4.65. The van der Waals surface area contributed by atoms with Crippen LogP contribution in [0.1, 0.15) is 45.1 Å². The van der Waals surface area contributed by atoms with Gasteiger partial charge in [0.1, 0.15) is 6.61 Å². The molecule has 1 aromatic carbocycles. The molecule has 3 N–H and O–H groups in total. The lowest BCUT2D eigenvalue weighted by atomic mass is 9.76. The van der Waals surface area contributed by atoms with Gasteiger partial charge in [0.15, 0.2) is 0 Å². The van der Waals surface area contributed by atoms with Gasteiger partial charge in [-0.25, -0.2) is 0 Å². The summed E-state index contributed by atoms with van der Waals surface area (Å²) in [5, 5.41) is 2.84. The molecule has 1 fully saturated rings. The number of nitrogens with two attached hydrogens (primary N) is 1. The number of hydrogen-bond acceptors (Lipinski definition) is 3. The Labute approximate surface area is 127 Å². The van der Waals surface area contributed by atoms with Gasteiger partial charge in [-0.1, -0.05) is 26.0 Å². The van der Waals surface area contributed by atoms with Crippen LogP contribution in [0.25, 0.3) is 0 Å². The minimum Gasteiger partial charge on any atom is -0.368 e. The van der Waals surface area contributed by atoms with Crippen LogP contribution in [0.2, 0.25) is 0 Å². The number of carbonyl (C=O) groups is 1. The Balaban J connectivity index is 1.72. The van der Waals surface area contributed by atoms with Crippen molar-refractivity contribution in [2.24, 2.45) is 11.1 Å². The van der Waals surface area contributed by atoms with Crippen molar-refractivity contribution in [3.05, 3.63) is 29.8 Å². The molecule has 0 spiro atoms. The fourth-order valence-corrected chi connectivity index (χ4v) is 2.65. The van der Waals surface area contributed by atoms with E-state index in [1.165, 1.54) is 12.8 Å². The zero-order valence-corrected chi connectivity index (χ0v) is 13.0. The Bertz CT molecular complexity index is 458. The van der Waals surface area contributed by atoms with E-state index in [9.17, 15) is 4.79 Å². The number of carbonyl (C=O) groups excluding carboxylic acids is 1. The van der Waals surface area contributed by atoms with Crippen LogP contribution in [-0.4, -0.2) is 18.6 Å². The number of anilines is 1. The second kappa shape index (κ2) is 7.05. The normalized spacial score (nSPS) is 18.4. The molecule has 21 heavy (non-hydrogen) atoms. The zero-order valence-electron chi connectivity index (χ0n) is 13.0. The first-order valence-electron chi connectivity index (χ1n) is 7.69. The van der Waals surface area contributed by atoms with Crippen molar-refractivity contribution in [1.82, 2.24) is 0 Å². The Morgan fingerprint density at radius 2 is 1.90 bits per heavy atom. The zero-order chi connectivity index (χ0) is 15.3. The second-order valence-electron chi connectivity index (χ2n) is 6.62. The van der Waals surface area contributed by atoms with E-state index in [4.69, 9.17) is 10.5 Å². The Hall–Kier alpha value is -1.39. The quantitative estimate of drug-likeness (QED) is 0.876. The summed E-state index contributed by atoms with van der Waals surface area (Å²) < 4.78 is 5.72. The van der Waals surface area contributed by atoms with Gasteiger partial charge in [-0.15, -0.1) is 0 Å². The third-order valence-corrected chi connectivity index (χ3v) is 4.21. The van der Waals surface area contributed by atoms with Gasteiger partial charge in [-0.3, -0.25) is 4.79 Å². The van der Waals surface area contributed by atoms with Crippen LogP contribution in [0.15, 0.2) is 24.3 Å². The van der Waals surface area contributed by atoms with Crippen molar-refractivity contribution in [3.8, 4) is 0 Å². The molecular weight excluding hydrogens is 264 g/mol. The summed E-state index contributed by atoms with van der Waals surface area (Å²) in [6, 6.07) is 7.56. The molecule has 2 rings (SSSR count). The Morgan fingerprint density at radius 3 is 2.48 bits per heavy atom. The first-order chi connectivity index (χ1) is 9.98. The van der Waals surface area contributed by atoms with Gasteiger partial charge < -0.3 is 15.8 Å². The average molecular weight is 290 g/mol. The third kappa shape index (κ3) is 5.14. The monoisotopic (exact) mass is 290 g/mol. The number of rotatable bonds is 5. The van der Waals surface area contributed by atoms with Crippen LogP contribution < -0.4 is 11.1 Å². The topological polar surface area (TPSA) is 64.3 Å². The summed E-state index contributed by atoms with van der Waals surface area (Å²) in [6.45, 7) is 5.22. The highest BCUT2D eigenvalue weighted by atomic mass is 16.5. The molecule has 0 heterocycles. The van der Waals surface area contributed by atoms with E-state index >= 15 is 0 Å². The number of benzene rings is 1. The van der Waals surface area contributed by atoms with Gasteiger partial charge in [0.25, 0.3) is 0 Å². The van der Waals surface area contributed by atoms with E-state index < -0.39 is 0 Å². The molecule has 4 heteroatoms. The van der Waals surface area contributed by atoms with Crippen LogP contribution >= 0.6 is 0 Å². The van der Waals surface area contributed by atoms with Crippen molar-refractivity contribution >= 4 is 11.6 Å². The first-order valence-corrected chi connectivity index (χ1v) is 7.69. The highest BCUT2D eigenvalue weighted by Gasteiger charge is 2.27. The predicted octanol–water partition coefficient (Wildman–Crippen LogP) is 3.07. The van der Waals surface area contributed by atoms with Gasteiger partial charge in [-0.05, 0) is 48.8 Å². The van der Waals surface area contributed by atoms with Crippen molar-refractivity contribution in [1.29, 1.82) is 0 Å². The van der Waals surface area contributed by atoms with Gasteiger partial charge in [-0.2, -0.15) is 0 Å². The van der Waals surface area contributed by atoms with E-state index in [0.29, 0.717) is 12.0 Å². The average Bonchev–Trinajstić information content (AvgIpc) is 2.47. The van der Waals surface area contributed by atoms with Crippen LogP contribution in [0.4, 0.5) is 5.69 Å². The maximum Gasteiger partial charge on any atom is 0.250 e. The molecule has 0 aromatic heterocycles. The Morgan fingerprint density at radius 1 is 1.29 bits per heavy atom. The van der Waals surface area contributed by atoms with E-state index in [2.05, 4.69) is 19.2 Å². The number of amides is 1. The molecule has 0 bridgehead atoms. The maximum atomic E-state index is 11.9. The SMILES string of the molecule is CC1(C)CCC(OCC(=O)Nc2ccc(CN)cc2)CC1. The molecule has 0 aliphatic heterocycles. The molecule has 0 saturated heterocycles. The number of nitrogens with one attached hydrogen (secondary N) is 1. The van der Waals surface area contributed by atoms with E-state index in [1.807, 2.05) is 24.3 Å². The third-order valence-electron chi connectivity index (χ3n) is 4.21. The Kier molecular flexibility index (Phi) is 5.37. The molecule has 0 unspecified atom stereocenters. The van der Waals surface area contributed by atoms with Crippen LogP contribution in [0.3, 0.4) is 0 Å². The van der Waals surface area contributed by atoms with Crippen LogP contribution in [-0.2, 0) is 16.1 Å². The maximum absolute atomic E-state index is 11.9. The van der Waals surface area contributed by atoms with Gasteiger partial charge in [0, 0.05) is 12.2 Å². The summed E-state index contributed by atoms with van der Waals surface area (Å²) >= 11 is 0. The molecule has 1 saturated carbocycles. The molecule has 1 aliphatic carbocycles. The highest BCUT2D eigenvalue weighted by Crippen LogP contribution is 2.36. The van der Waals surface area contributed by atoms with Crippen molar-refractivity contribution in [2.75, 3.05) is 11.9 Å². The standard InChI is InChI=1S/C17H26N2O2/c1-17(2)9-7-15(8-10-17)21-12-16(20)19-14-5-3-13(11-18)4-6-14/h3-6,15H,7-12,18H2,1-2H3,(H,19,20). The van der Waals surface area contributed by atoms with Crippen LogP contribution in [0, 0.1) is 5.41 Å². The smallest absolute Gasteiger partial charge is 0.250 e. The molecule has 0 radical (unpaired) electrons. The fourth-order valence-electron chi connectivity index (χ4n) is 2.65. The largest absolute Gasteiger partial charge is 0.368 e. The molecule has 116 valence electrons. The summed E-state index contributed by atoms with van der Waals surface area (Å²) in [5.41, 5.74) is 7.80.